The minimum atomic E-state index is 0.454. The van der Waals surface area contributed by atoms with Crippen LogP contribution in [-0.2, 0) is 6.42 Å². The van der Waals surface area contributed by atoms with E-state index in [0.717, 1.165) is 91.4 Å². The van der Waals surface area contributed by atoms with Crippen molar-refractivity contribution in [1.82, 2.24) is 59.8 Å². The standard InChI is InChI=1S/2C23H22N6.2C22H20N6/c1-16-13-14-20(17(2)15-16)26-23-28-21(24-18-9-5-3-6-10-18)27-22(29-23)25-19-11-7-4-8-12-19;1-2-17-11-9-10-16-20(17)26-23-28-21(24-18-12-5-3-6-13-18)27-22(29-23)25-19-14-7-4-8-15-19;1-16-10-8-9-15-19(16)25-22-27-20(23-17-11-4-2-5-12-17)26-21(28-22)24-18-13-6-3-7-14-18;1-16-9-8-14-19(15-16)25-22-27-20(23-17-10-4-2-5-11-17)26-21(28-22)24-18-12-6-3-7-13-18/h3-15H,1-2H3,(H3,24,25,26,27,28,29);3-16H,2H2,1H3,(H3,24,25,26,27,28,29);2*2-15H,1H3,(H3,23,24,25,26,27,28). The average molecular weight is 1500 g/mol. The molecular formula is C90H84N24. The first-order chi connectivity index (χ1) is 56.0. The number of anilines is 24. The SMILES string of the molecule is CCc1ccccc1Nc1nc(Nc2ccccc2)nc(Nc2ccccc2)n1.Cc1ccc(Nc2nc(Nc3ccccc3)nc(Nc3ccccc3)n2)c(C)c1.Cc1cccc(Nc2nc(Nc3ccccc3)nc(Nc3ccccc3)n2)c1.Cc1ccccc1Nc1nc(Nc2ccccc2)nc(Nc2ccccc2)n1. The lowest BCUT2D eigenvalue weighted by Gasteiger charge is -2.13. The van der Waals surface area contributed by atoms with Crippen LogP contribution in [0.2, 0.25) is 0 Å². The topological polar surface area (TPSA) is 299 Å². The fourth-order valence-corrected chi connectivity index (χ4v) is 11.2. The van der Waals surface area contributed by atoms with E-state index in [2.05, 4.69) is 163 Å². The van der Waals surface area contributed by atoms with E-state index in [1.807, 2.05) is 329 Å². The van der Waals surface area contributed by atoms with Gasteiger partial charge in [0.1, 0.15) is 0 Å². The highest BCUT2D eigenvalue weighted by Gasteiger charge is 2.15. The summed E-state index contributed by atoms with van der Waals surface area (Å²) in [6, 6.07) is 109. The lowest BCUT2D eigenvalue weighted by atomic mass is 10.1. The summed E-state index contributed by atoms with van der Waals surface area (Å²) < 4.78 is 0. The zero-order valence-electron chi connectivity index (χ0n) is 63.3. The lowest BCUT2D eigenvalue weighted by Crippen LogP contribution is -2.08. The predicted octanol–water partition coefficient (Wildman–Crippen LogP) is 22.2. The van der Waals surface area contributed by atoms with Gasteiger partial charge in [0.25, 0.3) is 0 Å². The van der Waals surface area contributed by atoms with Crippen LogP contribution in [-0.4, -0.2) is 59.8 Å². The van der Waals surface area contributed by atoms with Gasteiger partial charge in [-0.15, -0.1) is 0 Å². The molecule has 16 aromatic rings. The molecule has 4 heterocycles. The minimum Gasteiger partial charge on any atom is -0.324 e. The van der Waals surface area contributed by atoms with Crippen LogP contribution in [0, 0.1) is 27.7 Å². The van der Waals surface area contributed by atoms with Gasteiger partial charge in [0.05, 0.1) is 0 Å². The van der Waals surface area contributed by atoms with E-state index < -0.39 is 0 Å². The first-order valence-corrected chi connectivity index (χ1v) is 36.9. The molecule has 0 radical (unpaired) electrons. The molecule has 0 atom stereocenters. The number of nitrogens with one attached hydrogen (secondary N) is 12. The highest BCUT2D eigenvalue weighted by atomic mass is 15.3. The quantitative estimate of drug-likeness (QED) is 0.0253. The first kappa shape index (κ1) is 76.5. The predicted molar refractivity (Wildman–Crippen MR) is 464 cm³/mol. The maximum Gasteiger partial charge on any atom is 0.233 e. The Kier molecular flexibility index (Phi) is 26.4. The van der Waals surface area contributed by atoms with Gasteiger partial charge in [-0.3, -0.25) is 0 Å². The van der Waals surface area contributed by atoms with Gasteiger partial charge in [-0.05, 0) is 184 Å². The summed E-state index contributed by atoms with van der Waals surface area (Å²) in [5.74, 6) is 5.49. The highest BCUT2D eigenvalue weighted by Crippen LogP contribution is 2.29. The molecule has 0 saturated heterocycles. The summed E-state index contributed by atoms with van der Waals surface area (Å²) in [6.45, 7) is 10.3. The van der Waals surface area contributed by atoms with E-state index >= 15 is 0 Å². The Labute approximate surface area is 662 Å². The summed E-state index contributed by atoms with van der Waals surface area (Å²) in [5.41, 5.74) is 16.8. The molecule has 0 spiro atoms. The summed E-state index contributed by atoms with van der Waals surface area (Å²) in [6.07, 6.45) is 0.915. The van der Waals surface area contributed by atoms with Crippen LogP contribution in [0.25, 0.3) is 0 Å². The second-order valence-corrected chi connectivity index (χ2v) is 25.7. The van der Waals surface area contributed by atoms with Gasteiger partial charge in [-0.25, -0.2) is 0 Å². The summed E-state index contributed by atoms with van der Waals surface area (Å²) in [7, 11) is 0. The Morgan fingerprint density at radius 1 is 0.175 bits per heavy atom. The Balaban J connectivity index is 0.000000133. The molecule has 12 N–H and O–H groups in total. The van der Waals surface area contributed by atoms with Crippen molar-refractivity contribution in [2.75, 3.05) is 63.8 Å². The Hall–Kier alpha value is -15.7. The van der Waals surface area contributed by atoms with E-state index in [4.69, 9.17) is 0 Å². The molecule has 0 amide bonds. The second-order valence-electron chi connectivity index (χ2n) is 25.7. The third kappa shape index (κ3) is 23.9. The molecule has 0 aliphatic rings. The van der Waals surface area contributed by atoms with Crippen molar-refractivity contribution in [3.05, 3.63) is 361 Å². The fraction of sp³-hybridized carbons (Fsp3) is 0.0667. The molecule has 12 aromatic carbocycles. The molecule has 114 heavy (non-hydrogen) atoms. The summed E-state index contributed by atoms with van der Waals surface area (Å²) >= 11 is 0. The van der Waals surface area contributed by atoms with Crippen LogP contribution in [0.15, 0.2) is 334 Å². The van der Waals surface area contributed by atoms with Gasteiger partial charge in [-0.1, -0.05) is 219 Å². The second kappa shape index (κ2) is 39.4. The summed E-state index contributed by atoms with van der Waals surface area (Å²) in [5, 5.41) is 39.0. The number of hydrogen-bond acceptors (Lipinski definition) is 24. The van der Waals surface area contributed by atoms with Gasteiger partial charge >= 0.3 is 0 Å². The van der Waals surface area contributed by atoms with Crippen molar-refractivity contribution in [3.63, 3.8) is 0 Å². The minimum absolute atomic E-state index is 0.454. The van der Waals surface area contributed by atoms with E-state index in [9.17, 15) is 0 Å². The molecule has 24 nitrogen and oxygen atoms in total. The van der Waals surface area contributed by atoms with Crippen molar-refractivity contribution >= 4 is 140 Å². The molecule has 0 unspecified atom stereocenters. The van der Waals surface area contributed by atoms with E-state index in [-0.39, 0.29) is 0 Å². The van der Waals surface area contributed by atoms with Crippen molar-refractivity contribution in [3.8, 4) is 0 Å². The van der Waals surface area contributed by atoms with E-state index in [1.54, 1.807) is 0 Å². The van der Waals surface area contributed by atoms with E-state index in [0.29, 0.717) is 71.4 Å². The highest BCUT2D eigenvalue weighted by molar-refractivity contribution is 5.69. The number of nitrogens with zero attached hydrogens (tertiary/aromatic N) is 12. The molecule has 4 aromatic heterocycles. The fourth-order valence-electron chi connectivity index (χ4n) is 11.2. The maximum absolute atomic E-state index is 4.56. The number of aryl methyl sites for hydroxylation is 5. The molecule has 0 bridgehead atoms. The first-order valence-electron chi connectivity index (χ1n) is 36.9. The van der Waals surface area contributed by atoms with Gasteiger partial charge in [0.2, 0.25) is 71.4 Å². The molecule has 0 saturated carbocycles. The Bertz CT molecular complexity index is 5430. The van der Waals surface area contributed by atoms with Crippen LogP contribution in [0.1, 0.15) is 34.7 Å². The number of rotatable bonds is 25. The smallest absolute Gasteiger partial charge is 0.233 e. The lowest BCUT2D eigenvalue weighted by molar-refractivity contribution is 1.06. The van der Waals surface area contributed by atoms with Crippen LogP contribution in [0.3, 0.4) is 0 Å². The van der Waals surface area contributed by atoms with Gasteiger partial charge < -0.3 is 63.8 Å². The Morgan fingerprint density at radius 3 is 0.667 bits per heavy atom. The van der Waals surface area contributed by atoms with Crippen LogP contribution in [0.4, 0.5) is 140 Å². The third-order valence-corrected chi connectivity index (χ3v) is 16.7. The summed E-state index contributed by atoms with van der Waals surface area (Å²) in [4.78, 5) is 54.3. The van der Waals surface area contributed by atoms with Gasteiger partial charge in [-0.2, -0.15) is 59.8 Å². The number of hydrogen-bond donors (Lipinski definition) is 12. The van der Waals surface area contributed by atoms with E-state index in [1.165, 1.54) is 11.1 Å². The molecule has 0 fully saturated rings. The van der Waals surface area contributed by atoms with Gasteiger partial charge in [0.15, 0.2) is 0 Å². The monoisotopic (exact) mass is 1500 g/mol. The van der Waals surface area contributed by atoms with Crippen LogP contribution < -0.4 is 63.8 Å². The zero-order valence-corrected chi connectivity index (χ0v) is 63.3. The number of benzene rings is 12. The van der Waals surface area contributed by atoms with Crippen molar-refractivity contribution < 1.29 is 0 Å². The molecular weight excluding hydrogens is 1420 g/mol. The molecule has 564 valence electrons. The molecule has 0 aliphatic heterocycles. The van der Waals surface area contributed by atoms with Crippen molar-refractivity contribution in [2.45, 2.75) is 41.0 Å². The largest absolute Gasteiger partial charge is 0.324 e. The van der Waals surface area contributed by atoms with Crippen molar-refractivity contribution in [1.29, 1.82) is 0 Å². The average Bonchev–Trinajstić information content (AvgIpc) is 0.848. The molecule has 0 aliphatic carbocycles. The normalized spacial score (nSPS) is 10.4. The molecule has 16 rings (SSSR count). The maximum atomic E-state index is 4.56. The number of aromatic nitrogens is 12. The third-order valence-electron chi connectivity index (χ3n) is 16.7. The van der Waals surface area contributed by atoms with Crippen molar-refractivity contribution in [2.24, 2.45) is 0 Å². The zero-order chi connectivity index (χ0) is 78.3. The molecule has 24 heteroatoms. The van der Waals surface area contributed by atoms with Crippen LogP contribution >= 0.6 is 0 Å². The van der Waals surface area contributed by atoms with Gasteiger partial charge in [0, 0.05) is 68.2 Å². The van der Waals surface area contributed by atoms with Crippen LogP contribution in [0.5, 0.6) is 0 Å². The number of para-hydroxylation sites is 10. The Morgan fingerprint density at radius 2 is 0.395 bits per heavy atom.